The molecule has 0 aliphatic carbocycles. The van der Waals surface area contributed by atoms with E-state index in [0.717, 1.165) is 11.1 Å². The molecule has 0 atom stereocenters. The Morgan fingerprint density at radius 2 is 1.24 bits per heavy atom. The zero-order chi connectivity index (χ0) is 20.1. The number of rotatable bonds is 5. The number of benzene rings is 3. The van der Waals surface area contributed by atoms with Gasteiger partial charge in [0.25, 0.3) is 11.8 Å². The number of furan rings is 1. The molecule has 142 valence electrons. The fraction of sp³-hybridized carbons (Fsp3) is 0. The van der Waals surface area contributed by atoms with Crippen LogP contribution in [-0.2, 0) is 0 Å². The molecule has 0 spiro atoms. The van der Waals surface area contributed by atoms with E-state index in [1.54, 1.807) is 42.5 Å². The normalized spacial score (nSPS) is 10.3. The monoisotopic (exact) mass is 382 g/mol. The molecule has 0 fully saturated rings. The summed E-state index contributed by atoms with van der Waals surface area (Å²) in [6.07, 6.45) is 1.45. The first-order chi connectivity index (χ1) is 14.2. The molecule has 0 radical (unpaired) electrons. The Hall–Kier alpha value is -4.12. The van der Waals surface area contributed by atoms with Gasteiger partial charge in [0.1, 0.15) is 0 Å². The van der Waals surface area contributed by atoms with Crippen molar-refractivity contribution < 1.29 is 14.0 Å². The van der Waals surface area contributed by atoms with E-state index in [1.165, 1.54) is 6.26 Å². The van der Waals surface area contributed by atoms with Crippen molar-refractivity contribution in [2.24, 2.45) is 0 Å². The summed E-state index contributed by atoms with van der Waals surface area (Å²) in [6, 6.07) is 27.4. The smallest absolute Gasteiger partial charge is 0.291 e. The maximum atomic E-state index is 12.8. The van der Waals surface area contributed by atoms with Crippen LogP contribution in [0, 0.1) is 0 Å². The zero-order valence-electron chi connectivity index (χ0n) is 15.5. The number of hydrogen-bond acceptors (Lipinski definition) is 3. The third kappa shape index (κ3) is 4.25. The van der Waals surface area contributed by atoms with Crippen molar-refractivity contribution >= 4 is 23.2 Å². The van der Waals surface area contributed by atoms with Crippen molar-refractivity contribution in [3.8, 4) is 11.1 Å². The van der Waals surface area contributed by atoms with Crippen molar-refractivity contribution in [3.63, 3.8) is 0 Å². The van der Waals surface area contributed by atoms with Gasteiger partial charge in [-0.25, -0.2) is 0 Å². The largest absolute Gasteiger partial charge is 0.459 e. The van der Waals surface area contributed by atoms with Gasteiger partial charge in [-0.1, -0.05) is 48.5 Å². The van der Waals surface area contributed by atoms with Crippen LogP contribution in [0.3, 0.4) is 0 Å². The molecule has 3 aromatic carbocycles. The van der Waals surface area contributed by atoms with Crippen LogP contribution in [0.1, 0.15) is 20.9 Å². The maximum absolute atomic E-state index is 12.8. The van der Waals surface area contributed by atoms with E-state index >= 15 is 0 Å². The number of carbonyl (C=O) groups is 2. The molecule has 1 aromatic heterocycles. The van der Waals surface area contributed by atoms with E-state index in [1.807, 2.05) is 48.5 Å². The lowest BCUT2D eigenvalue weighted by Gasteiger charge is -2.11. The molecule has 1 heterocycles. The second-order valence-electron chi connectivity index (χ2n) is 6.37. The molecule has 0 saturated heterocycles. The minimum Gasteiger partial charge on any atom is -0.459 e. The van der Waals surface area contributed by atoms with E-state index in [9.17, 15) is 9.59 Å². The standard InChI is InChI=1S/C24H18N2O3/c27-23(21-10-5-4-9-20(21)17-7-2-1-3-8-17)25-18-12-14-19(15-13-18)26-24(28)22-11-6-16-29-22/h1-16H,(H,25,27)(H,26,28). The average molecular weight is 382 g/mol. The summed E-state index contributed by atoms with van der Waals surface area (Å²) in [7, 11) is 0. The fourth-order valence-corrected chi connectivity index (χ4v) is 2.99. The lowest BCUT2D eigenvalue weighted by atomic mass is 9.99. The number of hydrogen-bond donors (Lipinski definition) is 2. The Morgan fingerprint density at radius 1 is 0.621 bits per heavy atom. The lowest BCUT2D eigenvalue weighted by Crippen LogP contribution is -2.13. The number of anilines is 2. The molecule has 0 unspecified atom stereocenters. The van der Waals surface area contributed by atoms with Crippen LogP contribution in [0.15, 0.2) is 102 Å². The van der Waals surface area contributed by atoms with Crippen LogP contribution in [-0.4, -0.2) is 11.8 Å². The summed E-state index contributed by atoms with van der Waals surface area (Å²) in [6.45, 7) is 0. The molecule has 2 N–H and O–H groups in total. The highest BCUT2D eigenvalue weighted by atomic mass is 16.3. The third-order valence-corrected chi connectivity index (χ3v) is 4.40. The summed E-state index contributed by atoms with van der Waals surface area (Å²) in [5.74, 6) is -0.291. The fourth-order valence-electron chi connectivity index (χ4n) is 2.99. The molecular formula is C24H18N2O3. The van der Waals surface area contributed by atoms with Gasteiger partial charge in [0.05, 0.1) is 6.26 Å². The van der Waals surface area contributed by atoms with E-state index in [4.69, 9.17) is 4.42 Å². The predicted molar refractivity (Wildman–Crippen MR) is 113 cm³/mol. The van der Waals surface area contributed by atoms with Crippen molar-refractivity contribution in [1.82, 2.24) is 0 Å². The van der Waals surface area contributed by atoms with Crippen LogP contribution in [0.4, 0.5) is 11.4 Å². The topological polar surface area (TPSA) is 71.3 Å². The summed E-state index contributed by atoms with van der Waals surface area (Å²) in [4.78, 5) is 24.9. The number of carbonyl (C=O) groups excluding carboxylic acids is 2. The SMILES string of the molecule is O=C(Nc1ccc(NC(=O)c2ccccc2-c2ccccc2)cc1)c1ccco1. The van der Waals surface area contributed by atoms with E-state index < -0.39 is 0 Å². The third-order valence-electron chi connectivity index (χ3n) is 4.40. The van der Waals surface area contributed by atoms with Crippen LogP contribution < -0.4 is 10.6 Å². The molecule has 0 aliphatic heterocycles. The van der Waals surface area contributed by atoms with Gasteiger partial charge >= 0.3 is 0 Å². The summed E-state index contributed by atoms with van der Waals surface area (Å²) in [5.41, 5.74) is 3.68. The molecule has 4 rings (SSSR count). The molecule has 29 heavy (non-hydrogen) atoms. The quantitative estimate of drug-likeness (QED) is 0.482. The van der Waals surface area contributed by atoms with Gasteiger partial charge in [0.15, 0.2) is 5.76 Å². The number of amides is 2. The lowest BCUT2D eigenvalue weighted by molar-refractivity contribution is 0.0994. The highest BCUT2D eigenvalue weighted by Gasteiger charge is 2.13. The molecular weight excluding hydrogens is 364 g/mol. The van der Waals surface area contributed by atoms with Crippen LogP contribution in [0.5, 0.6) is 0 Å². The van der Waals surface area contributed by atoms with Crippen molar-refractivity contribution in [2.75, 3.05) is 10.6 Å². The van der Waals surface area contributed by atoms with Gasteiger partial charge < -0.3 is 15.1 Å². The van der Waals surface area contributed by atoms with Gasteiger partial charge in [0.2, 0.25) is 0 Å². The van der Waals surface area contributed by atoms with E-state index in [0.29, 0.717) is 16.9 Å². The average Bonchev–Trinajstić information content (AvgIpc) is 3.31. The highest BCUT2D eigenvalue weighted by Crippen LogP contribution is 2.24. The first-order valence-electron chi connectivity index (χ1n) is 9.11. The Morgan fingerprint density at radius 3 is 1.90 bits per heavy atom. The minimum absolute atomic E-state index is 0.197. The molecule has 0 bridgehead atoms. The molecule has 4 aromatic rings. The van der Waals surface area contributed by atoms with Crippen molar-refractivity contribution in [1.29, 1.82) is 0 Å². The Kier molecular flexibility index (Phi) is 5.21. The van der Waals surface area contributed by atoms with Gasteiger partial charge in [-0.15, -0.1) is 0 Å². The summed E-state index contributed by atoms with van der Waals surface area (Å²) in [5, 5.41) is 5.65. The molecule has 5 heteroatoms. The van der Waals surface area contributed by atoms with Gasteiger partial charge in [-0.3, -0.25) is 9.59 Å². The van der Waals surface area contributed by atoms with Crippen LogP contribution in [0.25, 0.3) is 11.1 Å². The second kappa shape index (κ2) is 8.27. The minimum atomic E-state index is -0.330. The van der Waals surface area contributed by atoms with Gasteiger partial charge in [-0.05, 0) is 53.6 Å². The Labute approximate surface area is 168 Å². The van der Waals surface area contributed by atoms with E-state index in [-0.39, 0.29) is 17.6 Å². The van der Waals surface area contributed by atoms with Crippen LogP contribution >= 0.6 is 0 Å². The zero-order valence-corrected chi connectivity index (χ0v) is 15.5. The predicted octanol–water partition coefficient (Wildman–Crippen LogP) is 5.45. The first kappa shape index (κ1) is 18.3. The highest BCUT2D eigenvalue weighted by molar-refractivity contribution is 6.09. The summed E-state index contributed by atoms with van der Waals surface area (Å²) >= 11 is 0. The van der Waals surface area contributed by atoms with Crippen molar-refractivity contribution in [3.05, 3.63) is 109 Å². The molecule has 0 saturated carbocycles. The second-order valence-corrected chi connectivity index (χ2v) is 6.37. The summed E-state index contributed by atoms with van der Waals surface area (Å²) < 4.78 is 5.07. The van der Waals surface area contributed by atoms with E-state index in [2.05, 4.69) is 10.6 Å². The molecule has 0 aliphatic rings. The van der Waals surface area contributed by atoms with Gasteiger partial charge in [0, 0.05) is 16.9 Å². The van der Waals surface area contributed by atoms with Gasteiger partial charge in [-0.2, -0.15) is 0 Å². The molecule has 2 amide bonds. The Balaban J connectivity index is 1.48. The molecule has 5 nitrogen and oxygen atoms in total. The first-order valence-corrected chi connectivity index (χ1v) is 9.11. The van der Waals surface area contributed by atoms with Crippen molar-refractivity contribution in [2.45, 2.75) is 0 Å². The Bertz CT molecular complexity index is 1120. The maximum Gasteiger partial charge on any atom is 0.291 e. The van der Waals surface area contributed by atoms with Crippen LogP contribution in [0.2, 0.25) is 0 Å². The number of nitrogens with one attached hydrogen (secondary N) is 2.